The smallest absolute Gasteiger partial charge is 0.146 e. The van der Waals surface area contributed by atoms with Gasteiger partial charge in [0.25, 0.3) is 0 Å². The molecule has 23 heavy (non-hydrogen) atoms. The lowest BCUT2D eigenvalue weighted by molar-refractivity contribution is 0.209. The maximum atomic E-state index is 14.0. The van der Waals surface area contributed by atoms with Gasteiger partial charge in [-0.3, -0.25) is 0 Å². The summed E-state index contributed by atoms with van der Waals surface area (Å²) in [6.07, 6.45) is 0.990. The van der Waals surface area contributed by atoms with Gasteiger partial charge in [0.1, 0.15) is 5.82 Å². The lowest BCUT2D eigenvalue weighted by atomic mass is 10.1. The molecule has 2 aromatic rings. The Morgan fingerprint density at radius 2 is 1.83 bits per heavy atom. The lowest BCUT2D eigenvalue weighted by Crippen LogP contribution is -2.36. The van der Waals surface area contributed by atoms with Crippen molar-refractivity contribution in [2.75, 3.05) is 6.61 Å². The molecule has 0 saturated carbocycles. The Morgan fingerprint density at radius 1 is 1.13 bits per heavy atom. The van der Waals surface area contributed by atoms with Crippen LogP contribution in [0.1, 0.15) is 32.0 Å². The highest BCUT2D eigenvalue weighted by Gasteiger charge is 2.13. The first-order chi connectivity index (χ1) is 11.0. The number of nitrogens with one attached hydrogen (secondary N) is 1. The zero-order chi connectivity index (χ0) is 16.8. The fourth-order valence-corrected chi connectivity index (χ4v) is 2.42. The minimum Gasteiger partial charge on any atom is -0.395 e. The Balaban J connectivity index is 2.17. The number of nitrogens with zero attached hydrogens (tertiary/aromatic N) is 1. The van der Waals surface area contributed by atoms with Crippen LogP contribution in [0.3, 0.4) is 0 Å². The van der Waals surface area contributed by atoms with Crippen LogP contribution in [0.4, 0.5) is 4.39 Å². The third-order valence-electron chi connectivity index (χ3n) is 4.11. The molecule has 1 atom stereocenters. The molecule has 0 aliphatic carbocycles. The van der Waals surface area contributed by atoms with Crippen molar-refractivity contribution in [1.82, 2.24) is 10.3 Å². The summed E-state index contributed by atoms with van der Waals surface area (Å²) in [6.45, 7) is 6.47. The molecule has 0 amide bonds. The van der Waals surface area contributed by atoms with E-state index in [1.54, 1.807) is 6.07 Å². The average molecular weight is 316 g/mol. The topological polar surface area (TPSA) is 45.1 Å². The van der Waals surface area contributed by atoms with E-state index in [4.69, 9.17) is 0 Å². The Labute approximate surface area is 137 Å². The van der Waals surface area contributed by atoms with Crippen molar-refractivity contribution in [3.05, 3.63) is 53.5 Å². The Bertz CT molecular complexity index is 626. The number of benzene rings is 1. The van der Waals surface area contributed by atoms with Crippen LogP contribution in [-0.4, -0.2) is 22.7 Å². The van der Waals surface area contributed by atoms with Gasteiger partial charge in [0.2, 0.25) is 0 Å². The maximum Gasteiger partial charge on any atom is 0.146 e. The molecule has 1 aromatic carbocycles. The van der Waals surface area contributed by atoms with Crippen LogP contribution in [0.2, 0.25) is 0 Å². The molecule has 1 heterocycles. The largest absolute Gasteiger partial charge is 0.395 e. The SMILES string of the molecule is CCc1ccc(-c2ccc(F)c(CN[C@@H](CO)C(C)C)n2)cc1. The number of hydrogen-bond acceptors (Lipinski definition) is 3. The van der Waals surface area contributed by atoms with Crippen LogP contribution in [0.25, 0.3) is 11.3 Å². The fraction of sp³-hybridized carbons (Fsp3) is 0.421. The molecule has 0 saturated heterocycles. The normalized spacial score (nSPS) is 12.6. The van der Waals surface area contributed by atoms with E-state index in [0.717, 1.165) is 17.7 Å². The van der Waals surface area contributed by atoms with Crippen LogP contribution in [0, 0.1) is 11.7 Å². The van der Waals surface area contributed by atoms with Gasteiger partial charge in [-0.2, -0.15) is 0 Å². The second-order valence-corrected chi connectivity index (χ2v) is 6.09. The van der Waals surface area contributed by atoms with Crippen molar-refractivity contribution in [1.29, 1.82) is 0 Å². The molecule has 0 fully saturated rings. The average Bonchev–Trinajstić information content (AvgIpc) is 2.56. The summed E-state index contributed by atoms with van der Waals surface area (Å²) >= 11 is 0. The molecule has 0 unspecified atom stereocenters. The Hall–Kier alpha value is -1.78. The summed E-state index contributed by atoms with van der Waals surface area (Å²) in [5, 5.41) is 12.5. The number of aliphatic hydroxyl groups is 1. The van der Waals surface area contributed by atoms with Gasteiger partial charge in [0, 0.05) is 18.2 Å². The summed E-state index contributed by atoms with van der Waals surface area (Å²) in [7, 11) is 0. The monoisotopic (exact) mass is 316 g/mol. The maximum absolute atomic E-state index is 14.0. The molecule has 2 N–H and O–H groups in total. The first-order valence-corrected chi connectivity index (χ1v) is 8.14. The van der Waals surface area contributed by atoms with Crippen molar-refractivity contribution in [2.45, 2.75) is 39.8 Å². The predicted molar refractivity (Wildman–Crippen MR) is 91.6 cm³/mol. The third-order valence-corrected chi connectivity index (χ3v) is 4.11. The van der Waals surface area contributed by atoms with Crippen LogP contribution < -0.4 is 5.32 Å². The van der Waals surface area contributed by atoms with E-state index in [-0.39, 0.29) is 24.4 Å². The van der Waals surface area contributed by atoms with Crippen molar-refractivity contribution >= 4 is 0 Å². The van der Waals surface area contributed by atoms with Gasteiger partial charge < -0.3 is 10.4 Å². The second kappa shape index (κ2) is 8.18. The molecule has 0 spiro atoms. The summed E-state index contributed by atoms with van der Waals surface area (Å²) in [5.74, 6) is -0.0558. The molecular formula is C19H25FN2O. The fourth-order valence-electron chi connectivity index (χ4n) is 2.42. The highest BCUT2D eigenvalue weighted by molar-refractivity contribution is 5.59. The predicted octanol–water partition coefficient (Wildman–Crippen LogP) is 3.56. The lowest BCUT2D eigenvalue weighted by Gasteiger charge is -2.20. The Morgan fingerprint density at radius 3 is 2.39 bits per heavy atom. The summed E-state index contributed by atoms with van der Waals surface area (Å²) in [4.78, 5) is 4.44. The molecule has 4 heteroatoms. The van der Waals surface area contributed by atoms with Gasteiger partial charge in [-0.1, -0.05) is 45.0 Å². The molecule has 2 rings (SSSR count). The van der Waals surface area contributed by atoms with E-state index < -0.39 is 0 Å². The van der Waals surface area contributed by atoms with Gasteiger partial charge >= 0.3 is 0 Å². The number of aryl methyl sites for hydroxylation is 1. The highest BCUT2D eigenvalue weighted by Crippen LogP contribution is 2.20. The van der Waals surface area contributed by atoms with E-state index >= 15 is 0 Å². The molecule has 0 radical (unpaired) electrons. The van der Waals surface area contributed by atoms with E-state index in [1.807, 2.05) is 26.0 Å². The van der Waals surface area contributed by atoms with E-state index in [9.17, 15) is 9.50 Å². The van der Waals surface area contributed by atoms with Gasteiger partial charge in [-0.05, 0) is 30.0 Å². The van der Waals surface area contributed by atoms with Crippen molar-refractivity contribution in [3.8, 4) is 11.3 Å². The third kappa shape index (κ3) is 4.60. The van der Waals surface area contributed by atoms with E-state index in [0.29, 0.717) is 12.2 Å². The molecule has 0 bridgehead atoms. The molecular weight excluding hydrogens is 291 g/mol. The van der Waals surface area contributed by atoms with Crippen molar-refractivity contribution in [2.24, 2.45) is 5.92 Å². The van der Waals surface area contributed by atoms with Crippen LogP contribution >= 0.6 is 0 Å². The van der Waals surface area contributed by atoms with Crippen molar-refractivity contribution < 1.29 is 9.50 Å². The first-order valence-electron chi connectivity index (χ1n) is 8.14. The molecule has 3 nitrogen and oxygen atoms in total. The number of aliphatic hydroxyl groups excluding tert-OH is 1. The minimum absolute atomic E-state index is 0.0253. The van der Waals surface area contributed by atoms with Crippen LogP contribution in [0.5, 0.6) is 0 Å². The van der Waals surface area contributed by atoms with Gasteiger partial charge in [-0.15, -0.1) is 0 Å². The van der Waals surface area contributed by atoms with Gasteiger partial charge in [0.05, 0.1) is 18.0 Å². The van der Waals surface area contributed by atoms with Crippen molar-refractivity contribution in [3.63, 3.8) is 0 Å². The van der Waals surface area contributed by atoms with E-state index in [1.165, 1.54) is 11.6 Å². The zero-order valence-corrected chi connectivity index (χ0v) is 14.0. The number of aromatic nitrogens is 1. The standard InChI is InChI=1S/C19H25FN2O/c1-4-14-5-7-15(8-6-14)17-10-9-16(20)18(22-17)11-21-19(12-23)13(2)3/h5-10,13,19,21,23H,4,11-12H2,1-3H3/t19-/m0/s1. The number of halogens is 1. The highest BCUT2D eigenvalue weighted by atomic mass is 19.1. The van der Waals surface area contributed by atoms with Crippen LogP contribution in [-0.2, 0) is 13.0 Å². The number of rotatable bonds is 7. The Kier molecular flexibility index (Phi) is 6.25. The van der Waals surface area contributed by atoms with Gasteiger partial charge in [0.15, 0.2) is 0 Å². The first kappa shape index (κ1) is 17.6. The molecule has 124 valence electrons. The zero-order valence-electron chi connectivity index (χ0n) is 14.0. The summed E-state index contributed by atoms with van der Waals surface area (Å²) in [6, 6.07) is 11.3. The van der Waals surface area contributed by atoms with Crippen LogP contribution in [0.15, 0.2) is 36.4 Å². The summed E-state index contributed by atoms with van der Waals surface area (Å²) < 4.78 is 14.0. The summed E-state index contributed by atoms with van der Waals surface area (Å²) in [5.41, 5.74) is 3.38. The van der Waals surface area contributed by atoms with E-state index in [2.05, 4.69) is 29.4 Å². The quantitative estimate of drug-likeness (QED) is 0.821. The molecule has 0 aliphatic rings. The second-order valence-electron chi connectivity index (χ2n) is 6.09. The number of pyridine rings is 1. The molecule has 1 aromatic heterocycles. The minimum atomic E-state index is -0.327. The molecule has 0 aliphatic heterocycles. The van der Waals surface area contributed by atoms with Gasteiger partial charge in [-0.25, -0.2) is 9.37 Å². The number of hydrogen-bond donors (Lipinski definition) is 2.